The minimum atomic E-state index is -4.55. The molecule has 0 unspecified atom stereocenters. The molecule has 0 saturated carbocycles. The summed E-state index contributed by atoms with van der Waals surface area (Å²) in [4.78, 5) is 11.2. The third-order valence-corrected chi connectivity index (χ3v) is 4.59. The van der Waals surface area contributed by atoms with Gasteiger partial charge in [0, 0.05) is 17.9 Å². The highest BCUT2D eigenvalue weighted by molar-refractivity contribution is 7.99. The van der Waals surface area contributed by atoms with Gasteiger partial charge in [-0.1, -0.05) is 56.8 Å². The van der Waals surface area contributed by atoms with Crippen LogP contribution in [0.25, 0.3) is 11.4 Å². The standard InChI is InChI=1S/C17H22F3N5O2S/c1-16(2,3)12-6-4-11(5-7-12)13-23-24-14(25(13)21)28-9-8-22-15(26)27-10-17(18,19)20/h4-7H,8-10,21H2,1-3H3,(H,22,26). The Bertz CT molecular complexity index is 801. The van der Waals surface area contributed by atoms with Gasteiger partial charge >= 0.3 is 12.3 Å². The van der Waals surface area contributed by atoms with Gasteiger partial charge in [-0.25, -0.2) is 9.47 Å². The maximum atomic E-state index is 12.0. The molecule has 11 heteroatoms. The molecule has 3 N–H and O–H groups in total. The lowest BCUT2D eigenvalue weighted by Gasteiger charge is -2.19. The van der Waals surface area contributed by atoms with Crippen molar-refractivity contribution in [1.82, 2.24) is 20.2 Å². The molecular formula is C17H22F3N5O2S. The molecule has 1 aromatic heterocycles. The Morgan fingerprint density at radius 1 is 1.21 bits per heavy atom. The second kappa shape index (κ2) is 8.72. The Hall–Kier alpha value is -2.43. The number of aromatic nitrogens is 3. The smallest absolute Gasteiger partial charge is 0.422 e. The van der Waals surface area contributed by atoms with E-state index >= 15 is 0 Å². The Kier molecular flexibility index (Phi) is 6.81. The van der Waals surface area contributed by atoms with Crippen LogP contribution in [0.3, 0.4) is 0 Å². The van der Waals surface area contributed by atoms with Crippen molar-refractivity contribution in [2.24, 2.45) is 0 Å². The molecule has 7 nitrogen and oxygen atoms in total. The number of nitrogens with two attached hydrogens (primary N) is 1. The zero-order chi connectivity index (χ0) is 20.9. The van der Waals surface area contributed by atoms with Gasteiger partial charge in [0.05, 0.1) is 0 Å². The second-order valence-corrected chi connectivity index (χ2v) is 8.03. The molecule has 0 fully saturated rings. The van der Waals surface area contributed by atoms with Crippen molar-refractivity contribution < 1.29 is 22.7 Å². The van der Waals surface area contributed by atoms with Crippen LogP contribution < -0.4 is 11.2 Å². The largest absolute Gasteiger partial charge is 0.440 e. The molecule has 0 bridgehead atoms. The molecule has 1 aromatic carbocycles. The van der Waals surface area contributed by atoms with Gasteiger partial charge in [0.15, 0.2) is 12.4 Å². The lowest BCUT2D eigenvalue weighted by Crippen LogP contribution is -2.30. The molecule has 2 rings (SSSR count). The van der Waals surface area contributed by atoms with E-state index in [2.05, 4.69) is 41.0 Å². The van der Waals surface area contributed by atoms with Gasteiger partial charge < -0.3 is 15.9 Å². The molecule has 0 aliphatic heterocycles. The monoisotopic (exact) mass is 417 g/mol. The Morgan fingerprint density at radius 3 is 2.43 bits per heavy atom. The average Bonchev–Trinajstić information content (AvgIpc) is 2.96. The fourth-order valence-corrected chi connectivity index (χ4v) is 2.90. The summed E-state index contributed by atoms with van der Waals surface area (Å²) < 4.78 is 41.2. The predicted molar refractivity (Wildman–Crippen MR) is 100 cm³/mol. The fraction of sp³-hybridized carbons (Fsp3) is 0.471. The first kappa shape index (κ1) is 21.9. The number of nitrogen functional groups attached to an aromatic ring is 1. The zero-order valence-electron chi connectivity index (χ0n) is 15.7. The van der Waals surface area contributed by atoms with E-state index in [9.17, 15) is 18.0 Å². The highest BCUT2D eigenvalue weighted by atomic mass is 32.2. The van der Waals surface area contributed by atoms with Gasteiger partial charge in [0.2, 0.25) is 5.16 Å². The molecule has 0 saturated heterocycles. The number of rotatable bonds is 6. The van der Waals surface area contributed by atoms with Crippen LogP contribution in [0.5, 0.6) is 0 Å². The van der Waals surface area contributed by atoms with Gasteiger partial charge in [-0.2, -0.15) is 13.2 Å². The van der Waals surface area contributed by atoms with Crippen molar-refractivity contribution in [2.45, 2.75) is 37.5 Å². The van der Waals surface area contributed by atoms with E-state index in [1.807, 2.05) is 24.3 Å². The number of thioether (sulfide) groups is 1. The summed E-state index contributed by atoms with van der Waals surface area (Å²) in [5.41, 5.74) is 2.02. The van der Waals surface area contributed by atoms with Crippen LogP contribution in [0.2, 0.25) is 0 Å². The Labute approximate surface area is 164 Å². The van der Waals surface area contributed by atoms with Gasteiger partial charge in [-0.3, -0.25) is 0 Å². The number of amides is 1. The molecule has 1 heterocycles. The molecule has 1 amide bonds. The van der Waals surface area contributed by atoms with Gasteiger partial charge in [-0.15, -0.1) is 10.2 Å². The van der Waals surface area contributed by atoms with E-state index in [0.29, 0.717) is 16.7 Å². The molecule has 2 aromatic rings. The second-order valence-electron chi connectivity index (χ2n) is 6.97. The topological polar surface area (TPSA) is 95.1 Å². The number of nitrogens with one attached hydrogen (secondary N) is 1. The summed E-state index contributed by atoms with van der Waals surface area (Å²) in [6.07, 6.45) is -5.68. The van der Waals surface area contributed by atoms with Crippen molar-refractivity contribution in [3.05, 3.63) is 29.8 Å². The maximum Gasteiger partial charge on any atom is 0.422 e. The number of alkyl halides is 3. The molecule has 0 atom stereocenters. The highest BCUT2D eigenvalue weighted by Crippen LogP contribution is 2.26. The first-order valence-electron chi connectivity index (χ1n) is 8.39. The van der Waals surface area contributed by atoms with E-state index in [1.165, 1.54) is 22.0 Å². The van der Waals surface area contributed by atoms with Crippen molar-refractivity contribution in [2.75, 3.05) is 24.7 Å². The van der Waals surface area contributed by atoms with Crippen LogP contribution in [-0.2, 0) is 10.2 Å². The SMILES string of the molecule is CC(C)(C)c1ccc(-c2nnc(SCCNC(=O)OCC(F)(F)F)n2N)cc1. The van der Waals surface area contributed by atoms with Crippen LogP contribution in [0.4, 0.5) is 18.0 Å². The van der Waals surface area contributed by atoms with Gasteiger partial charge in [-0.05, 0) is 11.0 Å². The molecular weight excluding hydrogens is 395 g/mol. The van der Waals surface area contributed by atoms with E-state index in [4.69, 9.17) is 5.84 Å². The number of hydrogen-bond donors (Lipinski definition) is 2. The van der Waals surface area contributed by atoms with E-state index in [-0.39, 0.29) is 12.0 Å². The van der Waals surface area contributed by atoms with Crippen molar-refractivity contribution in [1.29, 1.82) is 0 Å². The number of alkyl carbamates (subject to hydrolysis) is 1. The number of carbonyl (C=O) groups excluding carboxylic acids is 1. The van der Waals surface area contributed by atoms with Crippen LogP contribution in [0.15, 0.2) is 29.4 Å². The summed E-state index contributed by atoms with van der Waals surface area (Å²) in [5.74, 6) is 6.85. The van der Waals surface area contributed by atoms with E-state index in [0.717, 1.165) is 5.56 Å². The van der Waals surface area contributed by atoms with Crippen LogP contribution in [-0.4, -0.2) is 46.0 Å². The number of carbonyl (C=O) groups is 1. The predicted octanol–water partition coefficient (Wildman–Crippen LogP) is 3.34. The van der Waals surface area contributed by atoms with Crippen LogP contribution in [0.1, 0.15) is 26.3 Å². The van der Waals surface area contributed by atoms with Crippen molar-refractivity contribution >= 4 is 17.9 Å². The van der Waals surface area contributed by atoms with Crippen molar-refractivity contribution in [3.63, 3.8) is 0 Å². The van der Waals surface area contributed by atoms with Gasteiger partial charge in [0.1, 0.15) is 0 Å². The number of benzene rings is 1. The number of ether oxygens (including phenoxy) is 1. The fourth-order valence-electron chi connectivity index (χ4n) is 2.19. The summed E-state index contributed by atoms with van der Waals surface area (Å²) in [7, 11) is 0. The quantitative estimate of drug-likeness (QED) is 0.425. The highest BCUT2D eigenvalue weighted by Gasteiger charge is 2.29. The zero-order valence-corrected chi connectivity index (χ0v) is 16.5. The third-order valence-electron chi connectivity index (χ3n) is 3.64. The summed E-state index contributed by atoms with van der Waals surface area (Å²) in [5, 5.41) is 10.7. The number of halogens is 3. The first-order valence-corrected chi connectivity index (χ1v) is 9.37. The summed E-state index contributed by atoms with van der Waals surface area (Å²) in [6, 6.07) is 7.85. The average molecular weight is 417 g/mol. The van der Waals surface area contributed by atoms with Gasteiger partial charge in [0.25, 0.3) is 0 Å². The first-order chi connectivity index (χ1) is 13.0. The Balaban J connectivity index is 1.87. The lowest BCUT2D eigenvalue weighted by molar-refractivity contribution is -0.160. The molecule has 28 heavy (non-hydrogen) atoms. The molecule has 0 spiro atoms. The lowest BCUT2D eigenvalue weighted by atomic mass is 9.87. The van der Waals surface area contributed by atoms with E-state index in [1.54, 1.807) is 0 Å². The number of nitrogens with zero attached hydrogens (tertiary/aromatic N) is 3. The Morgan fingerprint density at radius 2 is 1.86 bits per heavy atom. The van der Waals surface area contributed by atoms with Crippen LogP contribution >= 0.6 is 11.8 Å². The molecule has 154 valence electrons. The minimum absolute atomic E-state index is 0.0319. The molecule has 0 radical (unpaired) electrons. The normalized spacial score (nSPS) is 12.1. The molecule has 0 aliphatic carbocycles. The summed E-state index contributed by atoms with van der Waals surface area (Å²) >= 11 is 1.21. The van der Waals surface area contributed by atoms with E-state index < -0.39 is 18.9 Å². The summed E-state index contributed by atoms with van der Waals surface area (Å²) in [6.45, 7) is 4.82. The number of hydrogen-bond acceptors (Lipinski definition) is 6. The molecule has 0 aliphatic rings. The maximum absolute atomic E-state index is 12.0. The third kappa shape index (κ3) is 6.32. The van der Waals surface area contributed by atoms with Crippen LogP contribution in [0, 0.1) is 0 Å². The van der Waals surface area contributed by atoms with Crippen molar-refractivity contribution in [3.8, 4) is 11.4 Å². The minimum Gasteiger partial charge on any atom is -0.440 e.